The van der Waals surface area contributed by atoms with Crippen LogP contribution in [0.15, 0.2) is 49.6 Å². The number of likely N-dealkylation sites (tertiary alicyclic amines) is 1. The molecule has 23 heavy (non-hydrogen) atoms. The Morgan fingerprint density at radius 2 is 1.91 bits per heavy atom. The molecular weight excluding hydrogens is 308 g/mol. The fourth-order valence-electron chi connectivity index (χ4n) is 3.06. The van der Waals surface area contributed by atoms with Gasteiger partial charge in [-0.15, -0.1) is 13.2 Å². The van der Waals surface area contributed by atoms with Crippen LogP contribution in [0, 0.1) is 5.92 Å². The van der Waals surface area contributed by atoms with Crippen LogP contribution >= 0.6 is 11.6 Å². The van der Waals surface area contributed by atoms with E-state index in [0.717, 1.165) is 37.5 Å². The van der Waals surface area contributed by atoms with Gasteiger partial charge in [0, 0.05) is 30.6 Å². The highest BCUT2D eigenvalue weighted by Gasteiger charge is 2.27. The van der Waals surface area contributed by atoms with Gasteiger partial charge in [0.1, 0.15) is 0 Å². The van der Waals surface area contributed by atoms with Crippen molar-refractivity contribution in [1.29, 1.82) is 0 Å². The molecule has 0 spiro atoms. The molecule has 1 heterocycles. The number of hydrogen-bond acceptors (Lipinski definition) is 2. The Hall–Kier alpha value is -1.58. The molecule has 0 unspecified atom stereocenters. The Balaban J connectivity index is 1.86. The van der Waals surface area contributed by atoms with Crippen LogP contribution in [0.2, 0.25) is 5.02 Å². The number of carbonyl (C=O) groups excluding carboxylic acids is 1. The molecular formula is C19H25ClN2O. The second kappa shape index (κ2) is 8.90. The zero-order chi connectivity index (χ0) is 16.7. The van der Waals surface area contributed by atoms with Crippen LogP contribution in [-0.2, 0) is 11.3 Å². The van der Waals surface area contributed by atoms with Crippen molar-refractivity contribution in [2.75, 3.05) is 26.2 Å². The smallest absolute Gasteiger partial charge is 0.226 e. The zero-order valence-electron chi connectivity index (χ0n) is 13.6. The monoisotopic (exact) mass is 332 g/mol. The summed E-state index contributed by atoms with van der Waals surface area (Å²) in [5.41, 5.74) is 1.22. The average molecular weight is 333 g/mol. The number of hydrogen-bond donors (Lipinski definition) is 0. The highest BCUT2D eigenvalue weighted by molar-refractivity contribution is 6.30. The van der Waals surface area contributed by atoms with Crippen molar-refractivity contribution in [3.63, 3.8) is 0 Å². The van der Waals surface area contributed by atoms with Crippen LogP contribution in [-0.4, -0.2) is 41.9 Å². The van der Waals surface area contributed by atoms with Gasteiger partial charge in [-0.25, -0.2) is 0 Å². The molecule has 1 saturated heterocycles. The van der Waals surface area contributed by atoms with Crippen LogP contribution in [0.5, 0.6) is 0 Å². The van der Waals surface area contributed by atoms with Crippen molar-refractivity contribution in [2.24, 2.45) is 5.92 Å². The van der Waals surface area contributed by atoms with Crippen molar-refractivity contribution >= 4 is 17.5 Å². The van der Waals surface area contributed by atoms with Gasteiger partial charge in [-0.05, 0) is 43.6 Å². The molecule has 0 saturated carbocycles. The molecule has 1 aromatic rings. The van der Waals surface area contributed by atoms with Crippen LogP contribution in [0.1, 0.15) is 18.4 Å². The molecule has 0 bridgehead atoms. The molecule has 0 N–H and O–H groups in total. The molecule has 2 rings (SSSR count). The van der Waals surface area contributed by atoms with E-state index in [9.17, 15) is 4.79 Å². The van der Waals surface area contributed by atoms with E-state index in [4.69, 9.17) is 11.6 Å². The first-order valence-electron chi connectivity index (χ1n) is 8.11. The first-order chi connectivity index (χ1) is 11.1. The van der Waals surface area contributed by atoms with Gasteiger partial charge in [0.2, 0.25) is 5.91 Å². The van der Waals surface area contributed by atoms with E-state index in [1.165, 1.54) is 5.56 Å². The van der Waals surface area contributed by atoms with E-state index in [-0.39, 0.29) is 11.8 Å². The van der Waals surface area contributed by atoms with Gasteiger partial charge in [0.25, 0.3) is 0 Å². The van der Waals surface area contributed by atoms with Crippen LogP contribution in [0.3, 0.4) is 0 Å². The second-order valence-corrected chi connectivity index (χ2v) is 6.44. The zero-order valence-corrected chi connectivity index (χ0v) is 14.3. The van der Waals surface area contributed by atoms with Crippen molar-refractivity contribution in [2.45, 2.75) is 19.4 Å². The molecule has 1 aliphatic heterocycles. The highest BCUT2D eigenvalue weighted by atomic mass is 35.5. The van der Waals surface area contributed by atoms with Gasteiger partial charge in [0.05, 0.1) is 0 Å². The summed E-state index contributed by atoms with van der Waals surface area (Å²) < 4.78 is 0. The number of carbonyl (C=O) groups is 1. The Labute approximate surface area is 144 Å². The van der Waals surface area contributed by atoms with Gasteiger partial charge >= 0.3 is 0 Å². The van der Waals surface area contributed by atoms with Crippen molar-refractivity contribution in [3.8, 4) is 0 Å². The summed E-state index contributed by atoms with van der Waals surface area (Å²) in [4.78, 5) is 16.8. The first-order valence-corrected chi connectivity index (χ1v) is 8.49. The molecule has 1 aromatic carbocycles. The van der Waals surface area contributed by atoms with Gasteiger partial charge in [0.15, 0.2) is 0 Å². The fourth-order valence-corrected chi connectivity index (χ4v) is 3.27. The Kier molecular flexibility index (Phi) is 6.87. The molecule has 1 fully saturated rings. The molecule has 1 aliphatic rings. The number of benzene rings is 1. The van der Waals surface area contributed by atoms with E-state index in [2.05, 4.69) is 24.1 Å². The molecule has 0 aliphatic carbocycles. The summed E-state index contributed by atoms with van der Waals surface area (Å²) in [7, 11) is 0. The largest absolute Gasteiger partial charge is 0.335 e. The minimum atomic E-state index is 0.116. The predicted molar refractivity (Wildman–Crippen MR) is 96.4 cm³/mol. The molecule has 124 valence electrons. The summed E-state index contributed by atoms with van der Waals surface area (Å²) >= 11 is 6.04. The normalized spacial score (nSPS) is 16.0. The number of rotatable bonds is 7. The third-order valence-electron chi connectivity index (χ3n) is 4.24. The summed E-state index contributed by atoms with van der Waals surface area (Å²) in [6.07, 6.45) is 5.36. The Morgan fingerprint density at radius 1 is 1.26 bits per heavy atom. The third kappa shape index (κ3) is 5.22. The highest BCUT2D eigenvalue weighted by Crippen LogP contribution is 2.22. The van der Waals surface area contributed by atoms with Crippen LogP contribution in [0.25, 0.3) is 0 Å². The topological polar surface area (TPSA) is 23.6 Å². The fraction of sp³-hybridized carbons (Fsp3) is 0.421. The lowest BCUT2D eigenvalue weighted by atomic mass is 9.95. The minimum absolute atomic E-state index is 0.116. The molecule has 4 heteroatoms. The van der Waals surface area contributed by atoms with Crippen molar-refractivity contribution in [3.05, 3.63) is 60.2 Å². The summed E-state index contributed by atoms with van der Waals surface area (Å²) in [6.45, 7) is 11.4. The van der Waals surface area contributed by atoms with E-state index < -0.39 is 0 Å². The van der Waals surface area contributed by atoms with Gasteiger partial charge in [-0.1, -0.05) is 35.9 Å². The second-order valence-electron chi connectivity index (χ2n) is 6.00. The quantitative estimate of drug-likeness (QED) is 0.710. The molecule has 0 aromatic heterocycles. The van der Waals surface area contributed by atoms with Crippen molar-refractivity contribution in [1.82, 2.24) is 9.80 Å². The molecule has 1 amide bonds. The Morgan fingerprint density at radius 3 is 2.48 bits per heavy atom. The molecule has 0 radical (unpaired) electrons. The Bertz CT molecular complexity index is 540. The number of halogens is 1. The van der Waals surface area contributed by atoms with Crippen LogP contribution in [0.4, 0.5) is 0 Å². The minimum Gasteiger partial charge on any atom is -0.335 e. The summed E-state index contributed by atoms with van der Waals surface area (Å²) in [5.74, 6) is 0.345. The summed E-state index contributed by atoms with van der Waals surface area (Å²) in [5, 5.41) is 0.775. The van der Waals surface area contributed by atoms with E-state index in [1.807, 2.05) is 23.1 Å². The number of nitrogens with zero attached hydrogens (tertiary/aromatic N) is 2. The average Bonchev–Trinajstić information content (AvgIpc) is 2.55. The third-order valence-corrected chi connectivity index (χ3v) is 4.48. The van der Waals surface area contributed by atoms with E-state index in [1.54, 1.807) is 12.2 Å². The summed E-state index contributed by atoms with van der Waals surface area (Å²) in [6, 6.07) is 7.98. The lowest BCUT2D eigenvalue weighted by Gasteiger charge is -2.33. The van der Waals surface area contributed by atoms with Gasteiger partial charge < -0.3 is 4.90 Å². The van der Waals surface area contributed by atoms with E-state index >= 15 is 0 Å². The first kappa shape index (κ1) is 17.8. The lowest BCUT2D eigenvalue weighted by molar-refractivity contribution is -0.136. The number of piperidine rings is 1. The standard InChI is InChI=1S/C19H25ClN2O/c1-3-10-22(11-4-2)19(23)17-8-12-21(13-9-17)15-16-6-5-7-18(20)14-16/h3-7,14,17H,1-2,8-13,15H2. The van der Waals surface area contributed by atoms with Crippen LogP contribution < -0.4 is 0 Å². The van der Waals surface area contributed by atoms with Crippen molar-refractivity contribution < 1.29 is 4.79 Å². The maximum atomic E-state index is 12.6. The van der Waals surface area contributed by atoms with E-state index in [0.29, 0.717) is 13.1 Å². The van der Waals surface area contributed by atoms with Gasteiger partial charge in [-0.2, -0.15) is 0 Å². The number of amides is 1. The SMILES string of the molecule is C=CCN(CC=C)C(=O)C1CCN(Cc2cccc(Cl)c2)CC1. The lowest BCUT2D eigenvalue weighted by Crippen LogP contribution is -2.42. The van der Waals surface area contributed by atoms with Gasteiger partial charge in [-0.3, -0.25) is 9.69 Å². The molecule has 3 nitrogen and oxygen atoms in total. The maximum Gasteiger partial charge on any atom is 0.226 e. The molecule has 0 atom stereocenters. The maximum absolute atomic E-state index is 12.6. The predicted octanol–water partition coefficient (Wildman–Crippen LogP) is 3.75.